The minimum absolute atomic E-state index is 0.500. The van der Waals surface area contributed by atoms with E-state index in [0.29, 0.717) is 19.8 Å². The lowest BCUT2D eigenvalue weighted by Crippen LogP contribution is -2.03. The SMILES string of the molecule is COCCCOc1ccc(CN)cc1OC. The number of methoxy groups -OCH3 is 2. The van der Waals surface area contributed by atoms with Gasteiger partial charge >= 0.3 is 0 Å². The van der Waals surface area contributed by atoms with Crippen LogP contribution in [0.4, 0.5) is 0 Å². The highest BCUT2D eigenvalue weighted by atomic mass is 16.5. The van der Waals surface area contributed by atoms with Crippen molar-refractivity contribution in [1.29, 1.82) is 0 Å². The molecule has 1 aromatic carbocycles. The van der Waals surface area contributed by atoms with Gasteiger partial charge in [-0.3, -0.25) is 0 Å². The summed E-state index contributed by atoms with van der Waals surface area (Å²) in [5, 5.41) is 0. The van der Waals surface area contributed by atoms with Crippen LogP contribution in [0.5, 0.6) is 11.5 Å². The van der Waals surface area contributed by atoms with Crippen molar-refractivity contribution >= 4 is 0 Å². The molecule has 0 bridgehead atoms. The highest BCUT2D eigenvalue weighted by molar-refractivity contribution is 5.42. The van der Waals surface area contributed by atoms with Crippen LogP contribution in [0.3, 0.4) is 0 Å². The van der Waals surface area contributed by atoms with Gasteiger partial charge in [-0.25, -0.2) is 0 Å². The van der Waals surface area contributed by atoms with Crippen LogP contribution in [-0.2, 0) is 11.3 Å². The molecule has 1 rings (SSSR count). The molecule has 0 spiro atoms. The van der Waals surface area contributed by atoms with E-state index in [1.165, 1.54) is 0 Å². The van der Waals surface area contributed by atoms with Gasteiger partial charge < -0.3 is 19.9 Å². The summed E-state index contributed by atoms with van der Waals surface area (Å²) >= 11 is 0. The largest absolute Gasteiger partial charge is 0.493 e. The van der Waals surface area contributed by atoms with Crippen molar-refractivity contribution in [2.45, 2.75) is 13.0 Å². The summed E-state index contributed by atoms with van der Waals surface area (Å²) in [6.45, 7) is 1.82. The monoisotopic (exact) mass is 225 g/mol. The summed E-state index contributed by atoms with van der Waals surface area (Å²) in [5.74, 6) is 1.47. The van der Waals surface area contributed by atoms with Crippen LogP contribution in [0.25, 0.3) is 0 Å². The Morgan fingerprint density at radius 1 is 1.12 bits per heavy atom. The second-order valence-corrected chi connectivity index (χ2v) is 3.38. The lowest BCUT2D eigenvalue weighted by Gasteiger charge is -2.11. The first-order valence-electron chi connectivity index (χ1n) is 5.30. The predicted octanol–water partition coefficient (Wildman–Crippen LogP) is 1.57. The third-order valence-corrected chi connectivity index (χ3v) is 2.21. The van der Waals surface area contributed by atoms with Gasteiger partial charge in [0.25, 0.3) is 0 Å². The van der Waals surface area contributed by atoms with E-state index in [0.717, 1.165) is 23.5 Å². The predicted molar refractivity (Wildman–Crippen MR) is 62.9 cm³/mol. The van der Waals surface area contributed by atoms with E-state index >= 15 is 0 Å². The summed E-state index contributed by atoms with van der Waals surface area (Å²) in [5.41, 5.74) is 6.58. The highest BCUT2D eigenvalue weighted by Gasteiger charge is 2.04. The maximum Gasteiger partial charge on any atom is 0.161 e. The maximum atomic E-state index is 5.58. The Hall–Kier alpha value is -1.26. The van der Waals surface area contributed by atoms with Gasteiger partial charge in [-0.1, -0.05) is 6.07 Å². The van der Waals surface area contributed by atoms with E-state index in [2.05, 4.69) is 0 Å². The normalized spacial score (nSPS) is 10.2. The molecule has 4 nitrogen and oxygen atoms in total. The fourth-order valence-electron chi connectivity index (χ4n) is 1.34. The molecule has 2 N–H and O–H groups in total. The Morgan fingerprint density at radius 2 is 1.94 bits per heavy atom. The first-order chi connectivity index (χ1) is 7.81. The fourth-order valence-corrected chi connectivity index (χ4v) is 1.34. The van der Waals surface area contributed by atoms with Gasteiger partial charge in [0.2, 0.25) is 0 Å². The second-order valence-electron chi connectivity index (χ2n) is 3.38. The zero-order valence-electron chi connectivity index (χ0n) is 9.86. The van der Waals surface area contributed by atoms with E-state index in [9.17, 15) is 0 Å². The first-order valence-corrected chi connectivity index (χ1v) is 5.30. The molecule has 0 atom stereocenters. The van der Waals surface area contributed by atoms with Gasteiger partial charge in [0.15, 0.2) is 11.5 Å². The smallest absolute Gasteiger partial charge is 0.161 e. The van der Waals surface area contributed by atoms with Gasteiger partial charge in [-0.05, 0) is 17.7 Å². The number of ether oxygens (including phenoxy) is 3. The molecule has 0 amide bonds. The van der Waals surface area contributed by atoms with E-state index in [1.54, 1.807) is 14.2 Å². The highest BCUT2D eigenvalue weighted by Crippen LogP contribution is 2.27. The molecule has 0 radical (unpaired) electrons. The number of nitrogens with two attached hydrogens (primary N) is 1. The van der Waals surface area contributed by atoms with Crippen LogP contribution in [0.15, 0.2) is 18.2 Å². The zero-order valence-corrected chi connectivity index (χ0v) is 9.86. The average molecular weight is 225 g/mol. The minimum atomic E-state index is 0.500. The molecule has 0 aromatic heterocycles. The van der Waals surface area contributed by atoms with Crippen LogP contribution in [-0.4, -0.2) is 27.4 Å². The summed E-state index contributed by atoms with van der Waals surface area (Å²) < 4.78 is 15.8. The van der Waals surface area contributed by atoms with Crippen molar-refractivity contribution in [1.82, 2.24) is 0 Å². The van der Waals surface area contributed by atoms with Crippen molar-refractivity contribution in [3.8, 4) is 11.5 Å². The van der Waals surface area contributed by atoms with Crippen molar-refractivity contribution in [2.75, 3.05) is 27.4 Å². The second kappa shape index (κ2) is 7.09. The number of rotatable bonds is 7. The molecule has 1 aromatic rings. The van der Waals surface area contributed by atoms with Gasteiger partial charge in [-0.2, -0.15) is 0 Å². The first kappa shape index (κ1) is 12.8. The molecular weight excluding hydrogens is 206 g/mol. The topological polar surface area (TPSA) is 53.7 Å². The molecule has 16 heavy (non-hydrogen) atoms. The molecule has 0 unspecified atom stereocenters. The fraction of sp³-hybridized carbons (Fsp3) is 0.500. The lowest BCUT2D eigenvalue weighted by molar-refractivity contribution is 0.170. The Kier molecular flexibility index (Phi) is 5.67. The molecule has 0 saturated carbocycles. The van der Waals surface area contributed by atoms with E-state index in [-0.39, 0.29) is 0 Å². The molecule has 0 aliphatic heterocycles. The van der Waals surface area contributed by atoms with Crippen molar-refractivity contribution < 1.29 is 14.2 Å². The van der Waals surface area contributed by atoms with Crippen molar-refractivity contribution in [3.05, 3.63) is 23.8 Å². The Bertz CT molecular complexity index is 315. The van der Waals surface area contributed by atoms with Crippen LogP contribution in [0.2, 0.25) is 0 Å². The van der Waals surface area contributed by atoms with Crippen LogP contribution in [0, 0.1) is 0 Å². The maximum absolute atomic E-state index is 5.58. The molecule has 0 aliphatic carbocycles. The van der Waals surface area contributed by atoms with Crippen LogP contribution < -0.4 is 15.2 Å². The summed E-state index contributed by atoms with van der Waals surface area (Å²) in [6, 6.07) is 5.72. The van der Waals surface area contributed by atoms with E-state index < -0.39 is 0 Å². The quantitative estimate of drug-likeness (QED) is 0.716. The Labute approximate surface area is 96.3 Å². The molecule has 0 aliphatic rings. The van der Waals surface area contributed by atoms with E-state index in [1.807, 2.05) is 18.2 Å². The third kappa shape index (κ3) is 3.72. The summed E-state index contributed by atoms with van der Waals surface area (Å²) in [7, 11) is 3.30. The lowest BCUT2D eigenvalue weighted by atomic mass is 10.2. The van der Waals surface area contributed by atoms with Gasteiger partial charge in [0.1, 0.15) is 0 Å². The van der Waals surface area contributed by atoms with Gasteiger partial charge in [0.05, 0.1) is 13.7 Å². The number of hydrogen-bond donors (Lipinski definition) is 1. The Balaban J connectivity index is 2.57. The molecule has 4 heteroatoms. The molecule has 0 saturated heterocycles. The summed E-state index contributed by atoms with van der Waals surface area (Å²) in [6.07, 6.45) is 0.859. The summed E-state index contributed by atoms with van der Waals surface area (Å²) in [4.78, 5) is 0. The van der Waals surface area contributed by atoms with E-state index in [4.69, 9.17) is 19.9 Å². The molecular formula is C12H19NO3. The van der Waals surface area contributed by atoms with Crippen LogP contribution in [0.1, 0.15) is 12.0 Å². The van der Waals surface area contributed by atoms with Gasteiger partial charge in [0, 0.05) is 26.7 Å². The standard InChI is InChI=1S/C12H19NO3/c1-14-6-3-7-16-11-5-4-10(9-13)8-12(11)15-2/h4-5,8H,3,6-7,9,13H2,1-2H3. The van der Waals surface area contributed by atoms with Crippen molar-refractivity contribution in [3.63, 3.8) is 0 Å². The Morgan fingerprint density at radius 3 is 2.56 bits per heavy atom. The average Bonchev–Trinajstić information content (AvgIpc) is 2.34. The molecule has 0 heterocycles. The number of hydrogen-bond acceptors (Lipinski definition) is 4. The van der Waals surface area contributed by atoms with Crippen LogP contribution >= 0.6 is 0 Å². The van der Waals surface area contributed by atoms with Crippen molar-refractivity contribution in [2.24, 2.45) is 5.73 Å². The van der Waals surface area contributed by atoms with Gasteiger partial charge in [-0.15, -0.1) is 0 Å². The third-order valence-electron chi connectivity index (χ3n) is 2.21. The number of benzene rings is 1. The molecule has 0 fully saturated rings. The zero-order chi connectivity index (χ0) is 11.8. The molecule has 90 valence electrons. The minimum Gasteiger partial charge on any atom is -0.493 e.